The van der Waals surface area contributed by atoms with Crippen LogP contribution in [0.2, 0.25) is 5.28 Å². The number of hydrogen-bond donors (Lipinski definition) is 1. The van der Waals surface area contributed by atoms with Gasteiger partial charge in [-0.1, -0.05) is 13.8 Å². The molecule has 0 aromatic carbocycles. The van der Waals surface area contributed by atoms with E-state index in [-0.39, 0.29) is 29.1 Å². The van der Waals surface area contributed by atoms with Gasteiger partial charge in [0.15, 0.2) is 0 Å². The molecule has 1 heterocycles. The number of carbonyl (C=O) groups excluding carboxylic acids is 1. The minimum Gasteiger partial charge on any atom is -0.467 e. The number of halogens is 1. The van der Waals surface area contributed by atoms with Crippen LogP contribution in [0.3, 0.4) is 0 Å². The molecule has 0 aliphatic rings. The predicted molar refractivity (Wildman–Crippen MR) is 79.5 cm³/mol. The number of rotatable bonds is 8. The molecule has 1 rings (SSSR count). The number of anilines is 1. The number of methoxy groups -OCH3 is 1. The van der Waals surface area contributed by atoms with E-state index >= 15 is 0 Å². The lowest BCUT2D eigenvalue weighted by Gasteiger charge is -2.18. The molecular weight excluding hydrogens is 296 g/mol. The Kier molecular flexibility index (Phi) is 7.14. The quantitative estimate of drug-likeness (QED) is 0.735. The van der Waals surface area contributed by atoms with Crippen LogP contribution in [0.1, 0.15) is 27.2 Å². The van der Waals surface area contributed by atoms with Gasteiger partial charge < -0.3 is 14.8 Å². The highest BCUT2D eigenvalue weighted by molar-refractivity contribution is 6.28. The fourth-order valence-corrected chi connectivity index (χ4v) is 1.96. The first-order valence-electron chi connectivity index (χ1n) is 6.82. The summed E-state index contributed by atoms with van der Waals surface area (Å²) in [5.74, 6) is 0.139. The SMILES string of the molecule is CCOC(=O)C(CNc1nc(Cl)nc(OC)n1)CC(C)C. The molecular formula is C13H21ClN4O3. The molecule has 1 atom stereocenters. The van der Waals surface area contributed by atoms with Gasteiger partial charge in [-0.3, -0.25) is 4.79 Å². The molecule has 0 aliphatic carbocycles. The highest BCUT2D eigenvalue weighted by atomic mass is 35.5. The largest absolute Gasteiger partial charge is 0.467 e. The minimum absolute atomic E-state index is 0.0286. The fraction of sp³-hybridized carbons (Fsp3) is 0.692. The monoisotopic (exact) mass is 316 g/mol. The van der Waals surface area contributed by atoms with E-state index in [9.17, 15) is 4.79 Å². The zero-order valence-corrected chi connectivity index (χ0v) is 13.5. The van der Waals surface area contributed by atoms with E-state index in [4.69, 9.17) is 21.1 Å². The smallest absolute Gasteiger partial charge is 0.322 e. The van der Waals surface area contributed by atoms with E-state index in [1.165, 1.54) is 7.11 Å². The molecule has 118 valence electrons. The lowest BCUT2D eigenvalue weighted by atomic mass is 9.97. The highest BCUT2D eigenvalue weighted by Gasteiger charge is 2.21. The number of carbonyl (C=O) groups is 1. The molecule has 1 aromatic heterocycles. The van der Waals surface area contributed by atoms with Crippen LogP contribution in [0.25, 0.3) is 0 Å². The summed E-state index contributed by atoms with van der Waals surface area (Å²) >= 11 is 5.77. The van der Waals surface area contributed by atoms with Crippen LogP contribution in [0.15, 0.2) is 0 Å². The Morgan fingerprint density at radius 2 is 2.05 bits per heavy atom. The van der Waals surface area contributed by atoms with E-state index in [1.807, 2.05) is 0 Å². The maximum Gasteiger partial charge on any atom is 0.322 e. The zero-order valence-electron chi connectivity index (χ0n) is 12.7. The first-order valence-corrected chi connectivity index (χ1v) is 7.20. The Morgan fingerprint density at radius 3 is 2.62 bits per heavy atom. The summed E-state index contributed by atoms with van der Waals surface area (Å²) in [7, 11) is 1.44. The van der Waals surface area contributed by atoms with E-state index in [0.717, 1.165) is 0 Å². The van der Waals surface area contributed by atoms with Crippen LogP contribution in [0.4, 0.5) is 5.95 Å². The summed E-state index contributed by atoms with van der Waals surface area (Å²) in [4.78, 5) is 23.7. The Bertz CT molecular complexity index is 471. The molecule has 0 bridgehead atoms. The minimum atomic E-state index is -0.272. The molecule has 0 spiro atoms. The van der Waals surface area contributed by atoms with Crippen LogP contribution < -0.4 is 10.1 Å². The van der Waals surface area contributed by atoms with Gasteiger partial charge in [0.2, 0.25) is 11.2 Å². The Labute approximate surface area is 129 Å². The lowest BCUT2D eigenvalue weighted by molar-refractivity contribution is -0.148. The molecule has 0 aliphatic heterocycles. The van der Waals surface area contributed by atoms with Gasteiger partial charge in [0.1, 0.15) is 0 Å². The highest BCUT2D eigenvalue weighted by Crippen LogP contribution is 2.16. The van der Waals surface area contributed by atoms with Crippen molar-refractivity contribution in [1.82, 2.24) is 15.0 Å². The molecule has 1 unspecified atom stereocenters. The second kappa shape index (κ2) is 8.61. The van der Waals surface area contributed by atoms with Crippen molar-refractivity contribution in [2.24, 2.45) is 11.8 Å². The van der Waals surface area contributed by atoms with Gasteiger partial charge in [0.25, 0.3) is 0 Å². The molecule has 0 fully saturated rings. The van der Waals surface area contributed by atoms with Crippen molar-refractivity contribution in [1.29, 1.82) is 0 Å². The van der Waals surface area contributed by atoms with Crippen molar-refractivity contribution < 1.29 is 14.3 Å². The number of hydrogen-bond acceptors (Lipinski definition) is 7. The van der Waals surface area contributed by atoms with Crippen molar-refractivity contribution in [3.8, 4) is 6.01 Å². The average Bonchev–Trinajstić information content (AvgIpc) is 2.42. The molecule has 21 heavy (non-hydrogen) atoms. The number of nitrogens with one attached hydrogen (secondary N) is 1. The Balaban J connectivity index is 2.71. The topological polar surface area (TPSA) is 86.2 Å². The molecule has 0 saturated carbocycles. The zero-order chi connectivity index (χ0) is 15.8. The van der Waals surface area contributed by atoms with Crippen LogP contribution in [-0.2, 0) is 9.53 Å². The maximum absolute atomic E-state index is 11.9. The van der Waals surface area contributed by atoms with E-state index in [1.54, 1.807) is 6.92 Å². The number of nitrogens with zero attached hydrogens (tertiary/aromatic N) is 3. The predicted octanol–water partition coefficient (Wildman–Crippen LogP) is 2.17. The average molecular weight is 317 g/mol. The van der Waals surface area contributed by atoms with Gasteiger partial charge in [0, 0.05) is 6.54 Å². The third-order valence-electron chi connectivity index (χ3n) is 2.65. The normalized spacial score (nSPS) is 12.1. The summed E-state index contributed by atoms with van der Waals surface area (Å²) in [6.07, 6.45) is 0.710. The summed E-state index contributed by atoms with van der Waals surface area (Å²) in [6.45, 7) is 6.61. The van der Waals surface area contributed by atoms with Crippen molar-refractivity contribution in [3.63, 3.8) is 0 Å². The number of esters is 1. The van der Waals surface area contributed by atoms with Crippen LogP contribution in [0, 0.1) is 11.8 Å². The van der Waals surface area contributed by atoms with Crippen LogP contribution in [-0.4, -0.2) is 41.2 Å². The van der Waals surface area contributed by atoms with E-state index < -0.39 is 0 Å². The van der Waals surface area contributed by atoms with Gasteiger partial charge in [0.05, 0.1) is 19.6 Å². The molecule has 0 amide bonds. The van der Waals surface area contributed by atoms with Crippen molar-refractivity contribution in [2.45, 2.75) is 27.2 Å². The third-order valence-corrected chi connectivity index (χ3v) is 2.82. The van der Waals surface area contributed by atoms with Gasteiger partial charge in [-0.05, 0) is 30.9 Å². The van der Waals surface area contributed by atoms with E-state index in [0.29, 0.717) is 25.5 Å². The summed E-state index contributed by atoms with van der Waals surface area (Å²) in [5, 5.41) is 3.01. The molecule has 8 heteroatoms. The molecule has 0 radical (unpaired) electrons. The molecule has 0 saturated heterocycles. The molecule has 7 nitrogen and oxygen atoms in total. The van der Waals surface area contributed by atoms with Gasteiger partial charge >= 0.3 is 12.0 Å². The summed E-state index contributed by atoms with van der Waals surface area (Å²) in [5.41, 5.74) is 0. The summed E-state index contributed by atoms with van der Waals surface area (Å²) < 4.78 is 9.99. The first-order chi connectivity index (χ1) is 9.96. The van der Waals surface area contributed by atoms with Gasteiger partial charge in [-0.15, -0.1) is 0 Å². The lowest BCUT2D eigenvalue weighted by Crippen LogP contribution is -2.27. The number of aromatic nitrogens is 3. The Morgan fingerprint density at radius 1 is 1.33 bits per heavy atom. The van der Waals surface area contributed by atoms with Crippen molar-refractivity contribution in [2.75, 3.05) is 25.6 Å². The molecule has 1 aromatic rings. The fourth-order valence-electron chi connectivity index (χ4n) is 1.81. The van der Waals surface area contributed by atoms with Crippen molar-refractivity contribution >= 4 is 23.5 Å². The first kappa shape index (κ1) is 17.4. The van der Waals surface area contributed by atoms with Gasteiger partial charge in [-0.25, -0.2) is 0 Å². The number of ether oxygens (including phenoxy) is 2. The second-order valence-electron chi connectivity index (χ2n) is 4.87. The summed E-state index contributed by atoms with van der Waals surface area (Å²) in [6, 6.07) is 0.119. The molecule has 1 N–H and O–H groups in total. The third kappa shape index (κ3) is 6.12. The standard InChI is InChI=1S/C13H21ClN4O3/c1-5-21-10(19)9(6-8(2)3)7-15-12-16-11(14)17-13(18-12)20-4/h8-9H,5-7H2,1-4H3,(H,15,16,17,18). The van der Waals surface area contributed by atoms with Gasteiger partial charge in [-0.2, -0.15) is 15.0 Å². The van der Waals surface area contributed by atoms with Crippen molar-refractivity contribution in [3.05, 3.63) is 5.28 Å². The maximum atomic E-state index is 11.9. The van der Waals surface area contributed by atoms with Crippen LogP contribution >= 0.6 is 11.6 Å². The van der Waals surface area contributed by atoms with Crippen LogP contribution in [0.5, 0.6) is 6.01 Å². The second-order valence-corrected chi connectivity index (χ2v) is 5.21. The van der Waals surface area contributed by atoms with E-state index in [2.05, 4.69) is 34.1 Å². The Hall–Kier alpha value is -1.63.